The minimum absolute atomic E-state index is 0.671. The molecule has 3 rings (SSSR count). The SMILES string of the molecule is C/C=C(\C(=C(/C)c1ccc(Cl)s1)C(O)c1cccnc1)c1ccc(Cl)cc1P.CC. The van der Waals surface area contributed by atoms with Gasteiger partial charge >= 0.3 is 0 Å². The standard InChI is InChI=1S/C22H20Cl2NOPS.C2H6/c1-3-16(17-7-6-15(23)11-18(17)27)21(13(2)19-8-9-20(24)28-19)22(26)14-5-4-10-25-12-14;1-2/h3-12,22,26H,27H2,1-2H3;1-2H3/b16-3-,21-13-;. The van der Waals surface area contributed by atoms with Crippen molar-refractivity contribution in [2.45, 2.75) is 33.8 Å². The molecule has 2 unspecified atom stereocenters. The summed E-state index contributed by atoms with van der Waals surface area (Å²) in [6.07, 6.45) is 4.57. The van der Waals surface area contributed by atoms with E-state index in [1.807, 2.05) is 76.2 Å². The molecule has 0 aliphatic heterocycles. The van der Waals surface area contributed by atoms with Crippen LogP contribution in [0.2, 0.25) is 9.36 Å². The molecule has 0 amide bonds. The van der Waals surface area contributed by atoms with Crippen molar-refractivity contribution in [3.8, 4) is 0 Å². The zero-order valence-electron chi connectivity index (χ0n) is 17.5. The monoisotopic (exact) mass is 477 g/mol. The van der Waals surface area contributed by atoms with Crippen LogP contribution in [0.3, 0.4) is 0 Å². The molecule has 0 bridgehead atoms. The fourth-order valence-electron chi connectivity index (χ4n) is 3.14. The molecule has 2 atom stereocenters. The Morgan fingerprint density at radius 3 is 2.43 bits per heavy atom. The van der Waals surface area contributed by atoms with E-state index in [1.165, 1.54) is 11.3 Å². The summed E-state index contributed by atoms with van der Waals surface area (Å²) in [5.41, 5.74) is 4.47. The number of aliphatic hydroxyl groups excluding tert-OH is 1. The third-order valence-electron chi connectivity index (χ3n) is 4.50. The van der Waals surface area contributed by atoms with Crippen LogP contribution in [0.15, 0.2) is 66.5 Å². The molecule has 6 heteroatoms. The highest BCUT2D eigenvalue weighted by Crippen LogP contribution is 2.40. The van der Waals surface area contributed by atoms with Crippen LogP contribution in [0.25, 0.3) is 11.1 Å². The van der Waals surface area contributed by atoms with Crippen molar-refractivity contribution in [3.63, 3.8) is 0 Å². The molecule has 0 saturated carbocycles. The van der Waals surface area contributed by atoms with Gasteiger partial charge in [0, 0.05) is 27.9 Å². The van der Waals surface area contributed by atoms with E-state index < -0.39 is 6.10 Å². The molecule has 0 saturated heterocycles. The quantitative estimate of drug-likeness (QED) is 0.303. The molecule has 2 nitrogen and oxygen atoms in total. The van der Waals surface area contributed by atoms with E-state index >= 15 is 0 Å². The molecule has 1 aromatic carbocycles. The maximum Gasteiger partial charge on any atom is 0.106 e. The summed E-state index contributed by atoms with van der Waals surface area (Å²) in [5.74, 6) is 0. The maximum atomic E-state index is 11.3. The number of halogens is 2. The smallest absolute Gasteiger partial charge is 0.106 e. The second-order valence-corrected chi connectivity index (χ2v) is 9.04. The average molecular weight is 478 g/mol. The number of allylic oxidation sites excluding steroid dienone is 2. The Kier molecular flexibility index (Phi) is 9.74. The normalized spacial score (nSPS) is 13.3. The lowest BCUT2D eigenvalue weighted by atomic mass is 9.87. The van der Waals surface area contributed by atoms with Gasteiger partial charge in [-0.25, -0.2) is 0 Å². The molecule has 0 aliphatic carbocycles. The van der Waals surface area contributed by atoms with Crippen molar-refractivity contribution in [2.24, 2.45) is 0 Å². The number of nitrogens with zero attached hydrogens (tertiary/aromatic N) is 1. The minimum Gasteiger partial charge on any atom is -0.384 e. The first kappa shape index (κ1) is 24.8. The van der Waals surface area contributed by atoms with Gasteiger partial charge in [0.2, 0.25) is 0 Å². The lowest BCUT2D eigenvalue weighted by Gasteiger charge is -2.23. The second kappa shape index (κ2) is 11.8. The van der Waals surface area contributed by atoms with Gasteiger partial charge in [-0.1, -0.05) is 55.3 Å². The van der Waals surface area contributed by atoms with Gasteiger partial charge in [-0.15, -0.1) is 20.6 Å². The second-order valence-electron chi connectivity index (χ2n) is 6.27. The molecule has 0 radical (unpaired) electrons. The van der Waals surface area contributed by atoms with Crippen molar-refractivity contribution in [1.29, 1.82) is 0 Å². The van der Waals surface area contributed by atoms with Crippen LogP contribution in [0, 0.1) is 0 Å². The number of thiophene rings is 1. The molecular weight excluding hydrogens is 452 g/mol. The van der Waals surface area contributed by atoms with Crippen molar-refractivity contribution >= 4 is 60.2 Å². The van der Waals surface area contributed by atoms with Crippen molar-refractivity contribution in [2.75, 3.05) is 0 Å². The first-order chi connectivity index (χ1) is 14.4. The van der Waals surface area contributed by atoms with E-state index in [-0.39, 0.29) is 0 Å². The Labute approximate surface area is 195 Å². The summed E-state index contributed by atoms with van der Waals surface area (Å²) < 4.78 is 0.713. The van der Waals surface area contributed by atoms with Crippen molar-refractivity contribution in [1.82, 2.24) is 4.98 Å². The fourth-order valence-corrected chi connectivity index (χ4v) is 4.92. The lowest BCUT2D eigenvalue weighted by molar-refractivity contribution is 0.221. The number of aliphatic hydroxyl groups is 1. The minimum atomic E-state index is -0.833. The highest BCUT2D eigenvalue weighted by atomic mass is 35.5. The summed E-state index contributed by atoms with van der Waals surface area (Å²) in [4.78, 5) is 5.18. The first-order valence-electron chi connectivity index (χ1n) is 9.69. The zero-order valence-corrected chi connectivity index (χ0v) is 21.0. The van der Waals surface area contributed by atoms with Crippen LogP contribution >= 0.6 is 43.8 Å². The lowest BCUT2D eigenvalue weighted by Crippen LogP contribution is -2.10. The Morgan fingerprint density at radius 2 is 1.90 bits per heavy atom. The Balaban J connectivity index is 0.00000155. The Bertz CT molecular complexity index is 1040. The molecule has 2 aromatic heterocycles. The van der Waals surface area contributed by atoms with Gasteiger partial charge < -0.3 is 5.11 Å². The van der Waals surface area contributed by atoms with Crippen LogP contribution in [0.5, 0.6) is 0 Å². The zero-order chi connectivity index (χ0) is 22.3. The Hall–Kier alpha value is -1.48. The molecule has 30 heavy (non-hydrogen) atoms. The third-order valence-corrected chi connectivity index (χ3v) is 6.57. The molecular formula is C24H26Cl2NOPS. The van der Waals surface area contributed by atoms with Gasteiger partial charge in [0.05, 0.1) is 4.34 Å². The molecule has 158 valence electrons. The number of hydrogen-bond acceptors (Lipinski definition) is 3. The van der Waals surface area contributed by atoms with Crippen LogP contribution in [0.1, 0.15) is 49.8 Å². The van der Waals surface area contributed by atoms with Gasteiger partial charge in [-0.2, -0.15) is 0 Å². The van der Waals surface area contributed by atoms with E-state index in [9.17, 15) is 5.11 Å². The Morgan fingerprint density at radius 1 is 1.17 bits per heavy atom. The molecule has 1 N–H and O–H groups in total. The average Bonchev–Trinajstić information content (AvgIpc) is 3.20. The van der Waals surface area contributed by atoms with Gasteiger partial charge in [-0.3, -0.25) is 4.98 Å². The molecule has 2 heterocycles. The number of benzene rings is 1. The number of pyridine rings is 1. The van der Waals surface area contributed by atoms with E-state index in [0.29, 0.717) is 9.36 Å². The summed E-state index contributed by atoms with van der Waals surface area (Å²) in [6.45, 7) is 7.98. The van der Waals surface area contributed by atoms with Crippen LogP contribution in [-0.4, -0.2) is 10.1 Å². The number of aromatic nitrogens is 1. The van der Waals surface area contributed by atoms with Crippen LogP contribution in [-0.2, 0) is 0 Å². The van der Waals surface area contributed by atoms with Gasteiger partial charge in [0.1, 0.15) is 6.10 Å². The van der Waals surface area contributed by atoms with Crippen LogP contribution in [0.4, 0.5) is 0 Å². The highest BCUT2D eigenvalue weighted by molar-refractivity contribution is 7.27. The van der Waals surface area contributed by atoms with Gasteiger partial charge in [0.25, 0.3) is 0 Å². The molecule has 3 aromatic rings. The van der Waals surface area contributed by atoms with Crippen molar-refractivity contribution < 1.29 is 5.11 Å². The largest absolute Gasteiger partial charge is 0.384 e. The molecule has 0 spiro atoms. The number of rotatable bonds is 5. The van der Waals surface area contributed by atoms with E-state index in [2.05, 4.69) is 14.2 Å². The maximum absolute atomic E-state index is 11.3. The third kappa shape index (κ3) is 5.81. The summed E-state index contributed by atoms with van der Waals surface area (Å²) in [7, 11) is 2.73. The van der Waals surface area contributed by atoms with E-state index in [0.717, 1.165) is 38.0 Å². The van der Waals surface area contributed by atoms with E-state index in [4.69, 9.17) is 23.2 Å². The van der Waals surface area contributed by atoms with Crippen molar-refractivity contribution in [3.05, 3.63) is 91.9 Å². The fraction of sp³-hybridized carbons (Fsp3) is 0.208. The predicted molar refractivity (Wildman–Crippen MR) is 137 cm³/mol. The topological polar surface area (TPSA) is 33.1 Å². The number of hydrogen-bond donors (Lipinski definition) is 1. The summed E-state index contributed by atoms with van der Waals surface area (Å²) >= 11 is 13.8. The summed E-state index contributed by atoms with van der Waals surface area (Å²) in [6, 6.07) is 13.3. The van der Waals surface area contributed by atoms with E-state index in [1.54, 1.807) is 12.4 Å². The predicted octanol–water partition coefficient (Wildman–Crippen LogP) is 7.59. The highest BCUT2D eigenvalue weighted by Gasteiger charge is 2.23. The first-order valence-corrected chi connectivity index (χ1v) is 11.8. The molecule has 0 aliphatic rings. The van der Waals surface area contributed by atoms with Crippen LogP contribution < -0.4 is 5.30 Å². The van der Waals surface area contributed by atoms with Gasteiger partial charge in [0.15, 0.2) is 0 Å². The molecule has 0 fully saturated rings. The van der Waals surface area contributed by atoms with Gasteiger partial charge in [-0.05, 0) is 71.8 Å². The summed E-state index contributed by atoms with van der Waals surface area (Å²) in [5, 5.41) is 13.0.